The van der Waals surface area contributed by atoms with Crippen LogP contribution in [0, 0.1) is 6.92 Å². The van der Waals surface area contributed by atoms with Gasteiger partial charge in [-0.1, -0.05) is 17.7 Å². The standard InChI is InChI=1S/C17H18N2O6S/c1-11-2-4-12(5-3-11)16(21)18-13-6-8-14(9-7-13)26(24,25)19-15(10-20)17(22)23/h2-9,15,19-20H,10H2,1H3,(H,18,21)(H,22,23). The summed E-state index contributed by atoms with van der Waals surface area (Å²) in [4.78, 5) is 22.8. The highest BCUT2D eigenvalue weighted by molar-refractivity contribution is 7.89. The molecule has 0 aliphatic heterocycles. The molecule has 138 valence electrons. The number of aliphatic hydroxyl groups is 1. The second-order valence-corrected chi connectivity index (χ2v) is 7.25. The van der Waals surface area contributed by atoms with E-state index in [9.17, 15) is 18.0 Å². The Bertz CT molecular complexity index is 892. The molecule has 4 N–H and O–H groups in total. The fraction of sp³-hybridized carbons (Fsp3) is 0.176. The van der Waals surface area contributed by atoms with Crippen molar-refractivity contribution in [2.24, 2.45) is 0 Å². The van der Waals surface area contributed by atoms with Gasteiger partial charge >= 0.3 is 5.97 Å². The van der Waals surface area contributed by atoms with E-state index in [-0.39, 0.29) is 10.8 Å². The summed E-state index contributed by atoms with van der Waals surface area (Å²) in [5, 5.41) is 20.4. The Labute approximate surface area is 150 Å². The highest BCUT2D eigenvalue weighted by Crippen LogP contribution is 2.15. The number of aryl methyl sites for hydroxylation is 1. The van der Waals surface area contributed by atoms with Gasteiger partial charge in [-0.05, 0) is 43.3 Å². The molecule has 0 aliphatic rings. The number of carboxylic acid groups (broad SMARTS) is 1. The fourth-order valence-corrected chi connectivity index (χ4v) is 3.23. The molecule has 26 heavy (non-hydrogen) atoms. The first kappa shape index (κ1) is 19.6. The van der Waals surface area contributed by atoms with Crippen LogP contribution in [0.2, 0.25) is 0 Å². The number of hydrogen-bond acceptors (Lipinski definition) is 5. The van der Waals surface area contributed by atoms with E-state index in [2.05, 4.69) is 5.32 Å². The van der Waals surface area contributed by atoms with Crippen molar-refractivity contribution in [2.75, 3.05) is 11.9 Å². The lowest BCUT2D eigenvalue weighted by atomic mass is 10.1. The number of hydrogen-bond donors (Lipinski definition) is 4. The van der Waals surface area contributed by atoms with E-state index >= 15 is 0 Å². The summed E-state index contributed by atoms with van der Waals surface area (Å²) < 4.78 is 26.1. The van der Waals surface area contributed by atoms with E-state index in [0.717, 1.165) is 5.56 Å². The zero-order valence-corrected chi connectivity index (χ0v) is 14.7. The van der Waals surface area contributed by atoms with E-state index in [1.807, 2.05) is 11.6 Å². The third-order valence-corrected chi connectivity index (χ3v) is 5.00. The maximum atomic E-state index is 12.1. The monoisotopic (exact) mass is 378 g/mol. The van der Waals surface area contributed by atoms with Crippen LogP contribution in [0.25, 0.3) is 0 Å². The minimum absolute atomic E-state index is 0.189. The average molecular weight is 378 g/mol. The topological polar surface area (TPSA) is 133 Å². The third kappa shape index (κ3) is 4.88. The van der Waals surface area contributed by atoms with Gasteiger partial charge in [-0.15, -0.1) is 0 Å². The van der Waals surface area contributed by atoms with Gasteiger partial charge in [0.15, 0.2) is 0 Å². The van der Waals surface area contributed by atoms with Gasteiger partial charge in [0, 0.05) is 11.3 Å². The minimum Gasteiger partial charge on any atom is -0.480 e. The van der Waals surface area contributed by atoms with Crippen LogP contribution in [-0.2, 0) is 14.8 Å². The Balaban J connectivity index is 2.11. The van der Waals surface area contributed by atoms with Gasteiger partial charge in [0.05, 0.1) is 11.5 Å². The van der Waals surface area contributed by atoms with E-state index in [4.69, 9.17) is 10.2 Å². The SMILES string of the molecule is Cc1ccc(C(=O)Nc2ccc(S(=O)(=O)NC(CO)C(=O)O)cc2)cc1. The smallest absolute Gasteiger partial charge is 0.324 e. The van der Waals surface area contributed by atoms with Crippen LogP contribution >= 0.6 is 0 Å². The second-order valence-electron chi connectivity index (χ2n) is 5.54. The van der Waals surface area contributed by atoms with Crippen molar-refractivity contribution in [1.29, 1.82) is 0 Å². The largest absolute Gasteiger partial charge is 0.480 e. The normalized spacial score (nSPS) is 12.4. The molecule has 1 unspecified atom stereocenters. The Morgan fingerprint density at radius 1 is 1.04 bits per heavy atom. The van der Waals surface area contributed by atoms with Crippen molar-refractivity contribution in [2.45, 2.75) is 17.9 Å². The molecule has 2 aromatic carbocycles. The molecular formula is C17H18N2O6S. The van der Waals surface area contributed by atoms with Gasteiger partial charge in [-0.3, -0.25) is 9.59 Å². The molecule has 0 fully saturated rings. The molecule has 1 amide bonds. The Hall–Kier alpha value is -2.75. The molecule has 1 atom stereocenters. The summed E-state index contributed by atoms with van der Waals surface area (Å²) in [6.07, 6.45) is 0. The van der Waals surface area contributed by atoms with Crippen LogP contribution < -0.4 is 10.0 Å². The predicted molar refractivity (Wildman–Crippen MR) is 94.4 cm³/mol. The number of carbonyl (C=O) groups is 2. The van der Waals surface area contributed by atoms with Crippen LogP contribution in [0.4, 0.5) is 5.69 Å². The van der Waals surface area contributed by atoms with Crippen LogP contribution in [0.1, 0.15) is 15.9 Å². The van der Waals surface area contributed by atoms with Gasteiger partial charge in [0.2, 0.25) is 10.0 Å². The second kappa shape index (κ2) is 8.09. The predicted octanol–water partition coefficient (Wildman–Crippen LogP) is 0.971. The zero-order chi connectivity index (χ0) is 19.3. The number of carbonyl (C=O) groups excluding carboxylic acids is 1. The molecule has 0 radical (unpaired) electrons. The molecule has 8 nitrogen and oxygen atoms in total. The van der Waals surface area contributed by atoms with E-state index in [0.29, 0.717) is 11.3 Å². The molecule has 0 saturated carbocycles. The first-order chi connectivity index (χ1) is 12.2. The van der Waals surface area contributed by atoms with Gasteiger partial charge in [-0.2, -0.15) is 4.72 Å². The minimum atomic E-state index is -4.12. The molecule has 2 aromatic rings. The van der Waals surface area contributed by atoms with Crippen molar-refractivity contribution in [3.63, 3.8) is 0 Å². The lowest BCUT2D eigenvalue weighted by Gasteiger charge is -2.12. The summed E-state index contributed by atoms with van der Waals surface area (Å²) in [5.41, 5.74) is 1.86. The Morgan fingerprint density at radius 2 is 1.62 bits per heavy atom. The number of carboxylic acids is 1. The molecular weight excluding hydrogens is 360 g/mol. The van der Waals surface area contributed by atoms with Crippen LogP contribution in [-0.4, -0.2) is 43.2 Å². The Kier molecular flexibility index (Phi) is 6.09. The number of rotatable bonds is 7. The van der Waals surface area contributed by atoms with Gasteiger partial charge in [0.25, 0.3) is 5.91 Å². The highest BCUT2D eigenvalue weighted by Gasteiger charge is 2.24. The Morgan fingerprint density at radius 3 is 2.12 bits per heavy atom. The van der Waals surface area contributed by atoms with Crippen LogP contribution in [0.3, 0.4) is 0 Å². The van der Waals surface area contributed by atoms with E-state index < -0.39 is 28.6 Å². The van der Waals surface area contributed by atoms with E-state index in [1.165, 1.54) is 24.3 Å². The summed E-state index contributed by atoms with van der Waals surface area (Å²) in [6, 6.07) is 10.5. The summed E-state index contributed by atoms with van der Waals surface area (Å²) in [7, 11) is -4.12. The zero-order valence-electron chi connectivity index (χ0n) is 13.8. The van der Waals surface area contributed by atoms with Crippen molar-refractivity contribution in [3.8, 4) is 0 Å². The molecule has 0 aliphatic carbocycles. The van der Waals surface area contributed by atoms with Crippen molar-refractivity contribution in [1.82, 2.24) is 4.72 Å². The fourth-order valence-electron chi connectivity index (χ4n) is 2.05. The summed E-state index contributed by atoms with van der Waals surface area (Å²) in [5.74, 6) is -1.83. The molecule has 2 rings (SSSR count). The maximum Gasteiger partial charge on any atom is 0.324 e. The van der Waals surface area contributed by atoms with Crippen molar-refractivity contribution >= 4 is 27.6 Å². The molecule has 0 bridgehead atoms. The molecule has 0 heterocycles. The molecule has 0 spiro atoms. The van der Waals surface area contributed by atoms with Crippen LogP contribution in [0.5, 0.6) is 0 Å². The van der Waals surface area contributed by atoms with Gasteiger partial charge < -0.3 is 15.5 Å². The van der Waals surface area contributed by atoms with E-state index in [1.54, 1.807) is 24.3 Å². The molecule has 0 saturated heterocycles. The number of amides is 1. The lowest BCUT2D eigenvalue weighted by Crippen LogP contribution is -2.43. The first-order valence-electron chi connectivity index (χ1n) is 7.57. The summed E-state index contributed by atoms with van der Waals surface area (Å²) >= 11 is 0. The molecule has 0 aromatic heterocycles. The maximum absolute atomic E-state index is 12.1. The lowest BCUT2D eigenvalue weighted by molar-refractivity contribution is -0.139. The van der Waals surface area contributed by atoms with Gasteiger partial charge in [-0.25, -0.2) is 8.42 Å². The first-order valence-corrected chi connectivity index (χ1v) is 9.05. The number of aliphatic carboxylic acids is 1. The number of benzene rings is 2. The van der Waals surface area contributed by atoms with Crippen molar-refractivity contribution in [3.05, 3.63) is 59.7 Å². The molecule has 9 heteroatoms. The number of nitrogens with one attached hydrogen (secondary N) is 2. The number of aliphatic hydroxyl groups excluding tert-OH is 1. The number of anilines is 1. The third-order valence-electron chi connectivity index (χ3n) is 3.51. The van der Waals surface area contributed by atoms with Crippen molar-refractivity contribution < 1.29 is 28.2 Å². The van der Waals surface area contributed by atoms with Gasteiger partial charge in [0.1, 0.15) is 6.04 Å². The average Bonchev–Trinajstić information content (AvgIpc) is 2.60. The quantitative estimate of drug-likeness (QED) is 0.567. The number of sulfonamides is 1. The summed E-state index contributed by atoms with van der Waals surface area (Å²) in [6.45, 7) is 1.03. The highest BCUT2D eigenvalue weighted by atomic mass is 32.2. The van der Waals surface area contributed by atoms with Crippen LogP contribution in [0.15, 0.2) is 53.4 Å².